The van der Waals surface area contributed by atoms with Crippen molar-refractivity contribution in [3.63, 3.8) is 0 Å². The van der Waals surface area contributed by atoms with Crippen LogP contribution in [0.2, 0.25) is 0 Å². The first-order valence-corrected chi connectivity index (χ1v) is 8.94. The van der Waals surface area contributed by atoms with Crippen molar-refractivity contribution in [1.29, 1.82) is 0 Å². The number of anilines is 1. The Morgan fingerprint density at radius 3 is 2.80 bits per heavy atom. The van der Waals surface area contributed by atoms with E-state index >= 15 is 0 Å². The Balaban J connectivity index is 1.98. The van der Waals surface area contributed by atoms with E-state index in [1.54, 1.807) is 18.2 Å². The second kappa shape index (κ2) is 4.38. The highest BCUT2D eigenvalue weighted by Crippen LogP contribution is 2.44. The van der Waals surface area contributed by atoms with Gasteiger partial charge in [0.1, 0.15) is 11.9 Å². The van der Waals surface area contributed by atoms with Gasteiger partial charge in [0.15, 0.2) is 9.84 Å². The number of rotatable bonds is 1. The van der Waals surface area contributed by atoms with Crippen LogP contribution in [0, 0.1) is 5.41 Å². The summed E-state index contributed by atoms with van der Waals surface area (Å²) in [7, 11) is -3.18. The van der Waals surface area contributed by atoms with E-state index in [1.165, 1.54) is 12.7 Å². The third-order valence-corrected chi connectivity index (χ3v) is 5.56. The van der Waals surface area contributed by atoms with Gasteiger partial charge in [0.25, 0.3) is 0 Å². The predicted octanol–water partition coefficient (Wildman–Crippen LogP) is 2.84. The molecule has 20 heavy (non-hydrogen) atoms. The van der Waals surface area contributed by atoms with Crippen molar-refractivity contribution in [3.05, 3.63) is 18.2 Å². The second-order valence-corrected chi connectivity index (χ2v) is 8.62. The molecule has 0 bridgehead atoms. The van der Waals surface area contributed by atoms with Crippen molar-refractivity contribution in [2.75, 3.05) is 11.6 Å². The molecule has 1 heterocycles. The lowest BCUT2D eigenvalue weighted by Gasteiger charge is -2.47. The summed E-state index contributed by atoms with van der Waals surface area (Å²) >= 11 is 0. The first-order chi connectivity index (χ1) is 9.27. The zero-order valence-corrected chi connectivity index (χ0v) is 13.0. The van der Waals surface area contributed by atoms with Crippen LogP contribution in [0.25, 0.3) is 0 Å². The normalized spacial score (nSPS) is 27.8. The fourth-order valence-electron chi connectivity index (χ4n) is 3.30. The lowest BCUT2D eigenvalue weighted by Crippen LogP contribution is -2.52. The van der Waals surface area contributed by atoms with Crippen molar-refractivity contribution < 1.29 is 13.2 Å². The topological polar surface area (TPSA) is 55.4 Å². The summed E-state index contributed by atoms with van der Waals surface area (Å²) in [5, 5.41) is 3.48. The van der Waals surface area contributed by atoms with Crippen molar-refractivity contribution >= 4 is 15.5 Å². The van der Waals surface area contributed by atoms with E-state index in [4.69, 9.17) is 4.74 Å². The van der Waals surface area contributed by atoms with E-state index in [1.807, 2.05) is 0 Å². The second-order valence-electron chi connectivity index (χ2n) is 6.60. The Bertz CT molecular complexity index is 637. The minimum Gasteiger partial charge on any atom is -0.486 e. The van der Waals surface area contributed by atoms with Crippen molar-refractivity contribution in [2.24, 2.45) is 5.41 Å². The Morgan fingerprint density at radius 1 is 1.35 bits per heavy atom. The van der Waals surface area contributed by atoms with E-state index in [-0.39, 0.29) is 17.6 Å². The highest BCUT2D eigenvalue weighted by molar-refractivity contribution is 7.90. The minimum atomic E-state index is -3.18. The van der Waals surface area contributed by atoms with Gasteiger partial charge in [0, 0.05) is 11.7 Å². The first-order valence-electron chi connectivity index (χ1n) is 7.05. The van der Waals surface area contributed by atoms with Crippen LogP contribution < -0.4 is 10.1 Å². The molecule has 1 N–H and O–H groups in total. The molecule has 1 aromatic carbocycles. The number of hydrogen-bond acceptors (Lipinski definition) is 4. The maximum absolute atomic E-state index is 11.6. The molecule has 2 unspecified atom stereocenters. The van der Waals surface area contributed by atoms with Gasteiger partial charge in [0.05, 0.1) is 16.6 Å². The lowest BCUT2D eigenvalue weighted by atomic mass is 9.72. The zero-order chi connectivity index (χ0) is 14.5. The summed E-state index contributed by atoms with van der Waals surface area (Å²) in [6, 6.07) is 5.33. The summed E-state index contributed by atoms with van der Waals surface area (Å²) in [6.07, 6.45) is 4.77. The van der Waals surface area contributed by atoms with E-state index in [0.717, 1.165) is 24.3 Å². The van der Waals surface area contributed by atoms with Crippen LogP contribution in [-0.2, 0) is 9.84 Å². The van der Waals surface area contributed by atoms with Gasteiger partial charge in [0.2, 0.25) is 0 Å². The molecule has 1 fully saturated rings. The van der Waals surface area contributed by atoms with Gasteiger partial charge >= 0.3 is 0 Å². The van der Waals surface area contributed by atoms with Crippen molar-refractivity contribution in [2.45, 2.75) is 50.2 Å². The van der Waals surface area contributed by atoms with Gasteiger partial charge in [-0.3, -0.25) is 0 Å². The molecule has 0 radical (unpaired) electrons. The van der Waals surface area contributed by atoms with Crippen molar-refractivity contribution in [3.8, 4) is 5.75 Å². The Morgan fingerprint density at radius 2 is 2.10 bits per heavy atom. The molecule has 0 saturated heterocycles. The zero-order valence-electron chi connectivity index (χ0n) is 12.1. The van der Waals surface area contributed by atoms with Crippen LogP contribution in [0.1, 0.15) is 33.1 Å². The van der Waals surface area contributed by atoms with Gasteiger partial charge in [-0.15, -0.1) is 0 Å². The number of fused-ring (bicyclic) bond motifs is 2. The van der Waals surface area contributed by atoms with Crippen LogP contribution in [-0.4, -0.2) is 26.8 Å². The molecule has 110 valence electrons. The van der Waals surface area contributed by atoms with E-state index in [2.05, 4.69) is 19.2 Å². The van der Waals surface area contributed by atoms with E-state index in [9.17, 15) is 8.42 Å². The highest BCUT2D eigenvalue weighted by atomic mass is 32.2. The average Bonchev–Trinajstić information content (AvgIpc) is 2.35. The van der Waals surface area contributed by atoms with Gasteiger partial charge in [-0.25, -0.2) is 8.42 Å². The summed E-state index contributed by atoms with van der Waals surface area (Å²) in [5.74, 6) is 0.758. The molecule has 0 aromatic heterocycles. The third-order valence-electron chi connectivity index (χ3n) is 4.45. The van der Waals surface area contributed by atoms with Crippen LogP contribution in [0.15, 0.2) is 23.1 Å². The van der Waals surface area contributed by atoms with Gasteiger partial charge in [-0.05, 0) is 31.0 Å². The number of hydrogen-bond donors (Lipinski definition) is 1. The summed E-state index contributed by atoms with van der Waals surface area (Å²) in [6.45, 7) is 4.47. The summed E-state index contributed by atoms with van der Waals surface area (Å²) in [5.41, 5.74) is 0.940. The van der Waals surface area contributed by atoms with Gasteiger partial charge < -0.3 is 10.1 Å². The monoisotopic (exact) mass is 295 g/mol. The molecule has 1 aliphatic carbocycles. The molecule has 1 saturated carbocycles. The number of benzene rings is 1. The van der Waals surface area contributed by atoms with Crippen molar-refractivity contribution in [1.82, 2.24) is 0 Å². The van der Waals surface area contributed by atoms with Crippen LogP contribution >= 0.6 is 0 Å². The smallest absolute Gasteiger partial charge is 0.175 e. The minimum absolute atomic E-state index is 0.142. The summed E-state index contributed by atoms with van der Waals surface area (Å²) in [4.78, 5) is 0.334. The van der Waals surface area contributed by atoms with E-state index < -0.39 is 9.84 Å². The molecule has 3 rings (SSSR count). The Kier molecular flexibility index (Phi) is 3.01. The number of sulfone groups is 1. The summed E-state index contributed by atoms with van der Waals surface area (Å²) < 4.78 is 29.4. The fraction of sp³-hybridized carbons (Fsp3) is 0.600. The van der Waals surface area contributed by atoms with Crippen LogP contribution in [0.5, 0.6) is 5.75 Å². The van der Waals surface area contributed by atoms with Crippen LogP contribution in [0.3, 0.4) is 0 Å². The first kappa shape index (κ1) is 13.7. The SMILES string of the molecule is CC1(C)CCCC2Nc3cc(S(C)(=O)=O)ccc3OC21. The van der Waals surface area contributed by atoms with E-state index in [0.29, 0.717) is 4.90 Å². The number of nitrogens with one attached hydrogen (secondary N) is 1. The molecular weight excluding hydrogens is 274 g/mol. The molecule has 2 atom stereocenters. The molecule has 2 aliphatic rings. The lowest BCUT2D eigenvalue weighted by molar-refractivity contribution is 0.0175. The molecule has 1 aromatic rings. The molecular formula is C15H21NO3S. The average molecular weight is 295 g/mol. The molecule has 0 spiro atoms. The Labute approximate surface area is 120 Å². The number of ether oxygens (including phenoxy) is 1. The Hall–Kier alpha value is -1.23. The standard InChI is InChI=1S/C15H21NO3S/c1-15(2)8-4-5-11-14(15)19-13-7-6-10(20(3,17)18)9-12(13)16-11/h6-7,9,11,14,16H,4-5,8H2,1-3H3. The largest absolute Gasteiger partial charge is 0.486 e. The fourth-order valence-corrected chi connectivity index (χ4v) is 3.94. The molecule has 4 nitrogen and oxygen atoms in total. The third kappa shape index (κ3) is 2.28. The van der Waals surface area contributed by atoms with Gasteiger partial charge in [-0.1, -0.05) is 20.3 Å². The molecule has 1 aliphatic heterocycles. The quantitative estimate of drug-likeness (QED) is 0.865. The van der Waals surface area contributed by atoms with Gasteiger partial charge in [-0.2, -0.15) is 0 Å². The maximum atomic E-state index is 11.6. The predicted molar refractivity (Wildman–Crippen MR) is 79.0 cm³/mol. The maximum Gasteiger partial charge on any atom is 0.175 e. The highest BCUT2D eigenvalue weighted by Gasteiger charge is 2.43. The molecule has 0 amide bonds. The van der Waals surface area contributed by atoms with Crippen LogP contribution in [0.4, 0.5) is 5.69 Å². The molecule has 5 heteroatoms.